The first kappa shape index (κ1) is 19.4. The molecule has 6 nitrogen and oxygen atoms in total. The zero-order valence-corrected chi connectivity index (χ0v) is 16.0. The Hall–Kier alpha value is -0.960. The average Bonchev–Trinajstić information content (AvgIpc) is 2.94. The highest BCUT2D eigenvalue weighted by molar-refractivity contribution is 7.91. The maximum atomic E-state index is 12.5. The average molecular weight is 375 g/mol. The van der Waals surface area contributed by atoms with Crippen molar-refractivity contribution in [3.8, 4) is 0 Å². The van der Waals surface area contributed by atoms with E-state index in [2.05, 4.69) is 30.4 Å². The molecule has 2 rings (SSSR count). The molecule has 2 heterocycles. The second kappa shape index (κ2) is 7.51. The molecule has 1 saturated heterocycles. The highest BCUT2D eigenvalue weighted by Gasteiger charge is 2.31. The van der Waals surface area contributed by atoms with Gasteiger partial charge in [-0.3, -0.25) is 9.69 Å². The first-order chi connectivity index (χ1) is 11.1. The second-order valence-corrected chi connectivity index (χ2v) is 10.3. The summed E-state index contributed by atoms with van der Waals surface area (Å²) in [5.41, 5.74) is -0.261. The Balaban J connectivity index is 2.01. The van der Waals surface area contributed by atoms with Crippen molar-refractivity contribution in [3.05, 3.63) is 17.0 Å². The van der Waals surface area contributed by atoms with Gasteiger partial charge in [-0.25, -0.2) is 13.1 Å². The fraction of sp³-hybridized carbons (Fsp3) is 0.688. The molecule has 24 heavy (non-hydrogen) atoms. The number of piperidine rings is 1. The summed E-state index contributed by atoms with van der Waals surface area (Å²) >= 11 is 1.01. The van der Waals surface area contributed by atoms with Crippen LogP contribution in [-0.2, 0) is 21.2 Å². The number of sulfonamides is 1. The quantitative estimate of drug-likeness (QED) is 0.764. The molecule has 0 aliphatic carbocycles. The van der Waals surface area contributed by atoms with E-state index in [1.165, 1.54) is 12.5 Å². The van der Waals surface area contributed by atoms with Gasteiger partial charge in [-0.2, -0.15) is 0 Å². The lowest BCUT2D eigenvalue weighted by Crippen LogP contribution is -2.54. The minimum Gasteiger partial charge on any atom is -0.481 e. The van der Waals surface area contributed by atoms with Crippen molar-refractivity contribution in [2.75, 3.05) is 19.6 Å². The number of thiophene rings is 1. The summed E-state index contributed by atoms with van der Waals surface area (Å²) in [5.74, 6) is -0.334. The Kier molecular flexibility index (Phi) is 6.06. The molecule has 1 fully saturated rings. The van der Waals surface area contributed by atoms with E-state index in [-0.39, 0.29) is 16.2 Å². The van der Waals surface area contributed by atoms with Crippen LogP contribution in [0.25, 0.3) is 0 Å². The van der Waals surface area contributed by atoms with Gasteiger partial charge in [0, 0.05) is 23.5 Å². The van der Waals surface area contributed by atoms with E-state index in [1.807, 2.05) is 0 Å². The molecule has 0 saturated carbocycles. The van der Waals surface area contributed by atoms with Gasteiger partial charge in [0.05, 0.1) is 6.42 Å². The maximum absolute atomic E-state index is 12.5. The molecule has 136 valence electrons. The van der Waals surface area contributed by atoms with E-state index >= 15 is 0 Å². The lowest BCUT2D eigenvalue weighted by Gasteiger charge is -2.43. The topological polar surface area (TPSA) is 86.7 Å². The number of rotatable bonds is 7. The van der Waals surface area contributed by atoms with Crippen LogP contribution in [0.15, 0.2) is 16.3 Å². The lowest BCUT2D eigenvalue weighted by atomic mass is 9.94. The van der Waals surface area contributed by atoms with E-state index in [1.54, 1.807) is 6.07 Å². The van der Waals surface area contributed by atoms with Crippen LogP contribution in [0, 0.1) is 5.92 Å². The summed E-state index contributed by atoms with van der Waals surface area (Å²) in [5, 5.41) is 8.79. The number of hydrogen-bond donors (Lipinski definition) is 2. The SMILES string of the molecule is CC1CCCN(C(C)(C)CNS(=O)(=O)c2ccc(CC(=O)O)s2)C1. The molecular weight excluding hydrogens is 348 g/mol. The summed E-state index contributed by atoms with van der Waals surface area (Å²) in [6.07, 6.45) is 2.21. The van der Waals surface area contributed by atoms with E-state index in [0.29, 0.717) is 17.3 Å². The third-order valence-electron chi connectivity index (χ3n) is 4.44. The van der Waals surface area contributed by atoms with Crippen molar-refractivity contribution < 1.29 is 18.3 Å². The highest BCUT2D eigenvalue weighted by atomic mass is 32.2. The van der Waals surface area contributed by atoms with Gasteiger partial charge in [0.2, 0.25) is 10.0 Å². The summed E-state index contributed by atoms with van der Waals surface area (Å²) < 4.78 is 27.8. The van der Waals surface area contributed by atoms with Gasteiger partial charge in [-0.15, -0.1) is 11.3 Å². The predicted octanol–water partition coefficient (Wildman–Crippen LogP) is 2.16. The molecule has 0 amide bonds. The Morgan fingerprint density at radius 1 is 1.46 bits per heavy atom. The fourth-order valence-electron chi connectivity index (χ4n) is 2.94. The number of carboxylic acids is 1. The Bertz CT molecular complexity index is 682. The minimum absolute atomic E-state index is 0.155. The maximum Gasteiger partial charge on any atom is 0.308 e. The predicted molar refractivity (Wildman–Crippen MR) is 94.9 cm³/mol. The molecule has 1 aliphatic heterocycles. The van der Waals surface area contributed by atoms with Gasteiger partial charge in [0.1, 0.15) is 4.21 Å². The molecular formula is C16H26N2O4S2. The lowest BCUT2D eigenvalue weighted by molar-refractivity contribution is -0.136. The number of carbonyl (C=O) groups is 1. The Morgan fingerprint density at radius 3 is 2.79 bits per heavy atom. The molecule has 1 aromatic heterocycles. The molecule has 1 unspecified atom stereocenters. The van der Waals surface area contributed by atoms with E-state index < -0.39 is 16.0 Å². The van der Waals surface area contributed by atoms with Gasteiger partial charge >= 0.3 is 5.97 Å². The molecule has 0 spiro atoms. The standard InChI is InChI=1S/C16H26N2O4S2/c1-12-5-4-8-18(10-12)16(2,3)11-17-24(21,22)15-7-6-13(23-15)9-14(19)20/h6-7,12,17H,4-5,8-11H2,1-3H3,(H,19,20). The van der Waals surface area contributed by atoms with Crippen molar-refractivity contribution in [2.45, 2.75) is 49.8 Å². The van der Waals surface area contributed by atoms with Crippen LogP contribution < -0.4 is 4.72 Å². The Labute approximate surface area is 147 Å². The highest BCUT2D eigenvalue weighted by Crippen LogP contribution is 2.25. The van der Waals surface area contributed by atoms with Crippen LogP contribution in [0.4, 0.5) is 0 Å². The number of carboxylic acid groups (broad SMARTS) is 1. The first-order valence-electron chi connectivity index (χ1n) is 8.15. The summed E-state index contributed by atoms with van der Waals surface area (Å²) in [4.78, 5) is 13.6. The second-order valence-electron chi connectivity index (χ2n) is 7.12. The first-order valence-corrected chi connectivity index (χ1v) is 10.5. The number of aliphatic carboxylic acids is 1. The van der Waals surface area contributed by atoms with Gasteiger partial charge in [0.25, 0.3) is 0 Å². The molecule has 1 aliphatic rings. The molecule has 0 aromatic carbocycles. The van der Waals surface area contributed by atoms with Gasteiger partial charge in [0.15, 0.2) is 0 Å². The van der Waals surface area contributed by atoms with E-state index in [4.69, 9.17) is 5.11 Å². The van der Waals surface area contributed by atoms with Crippen LogP contribution in [0.1, 0.15) is 38.5 Å². The van der Waals surface area contributed by atoms with Crippen molar-refractivity contribution >= 4 is 27.3 Å². The number of nitrogens with one attached hydrogen (secondary N) is 1. The Morgan fingerprint density at radius 2 is 2.17 bits per heavy atom. The minimum atomic E-state index is -3.61. The number of hydrogen-bond acceptors (Lipinski definition) is 5. The molecule has 8 heteroatoms. The fourth-order valence-corrected chi connectivity index (χ4v) is 5.54. The third-order valence-corrected chi connectivity index (χ3v) is 7.41. The molecule has 1 aromatic rings. The van der Waals surface area contributed by atoms with Gasteiger partial charge in [-0.1, -0.05) is 6.92 Å². The van der Waals surface area contributed by atoms with Crippen molar-refractivity contribution in [3.63, 3.8) is 0 Å². The van der Waals surface area contributed by atoms with Gasteiger partial charge < -0.3 is 5.11 Å². The number of nitrogens with zero attached hydrogens (tertiary/aromatic N) is 1. The van der Waals surface area contributed by atoms with Crippen LogP contribution in [0.2, 0.25) is 0 Å². The van der Waals surface area contributed by atoms with Crippen molar-refractivity contribution in [1.82, 2.24) is 9.62 Å². The molecule has 0 radical (unpaired) electrons. The smallest absolute Gasteiger partial charge is 0.308 e. The number of likely N-dealkylation sites (tertiary alicyclic amines) is 1. The van der Waals surface area contributed by atoms with Crippen molar-refractivity contribution in [2.24, 2.45) is 5.92 Å². The summed E-state index contributed by atoms with van der Waals surface area (Å²) in [6, 6.07) is 3.03. The van der Waals surface area contributed by atoms with Crippen LogP contribution in [0.3, 0.4) is 0 Å². The van der Waals surface area contributed by atoms with E-state index in [0.717, 1.165) is 30.8 Å². The van der Waals surface area contributed by atoms with Gasteiger partial charge in [-0.05, 0) is 51.3 Å². The van der Waals surface area contributed by atoms with E-state index in [9.17, 15) is 13.2 Å². The zero-order chi connectivity index (χ0) is 18.0. The summed E-state index contributed by atoms with van der Waals surface area (Å²) in [7, 11) is -3.61. The normalized spacial score (nSPS) is 20.2. The monoisotopic (exact) mass is 374 g/mol. The van der Waals surface area contributed by atoms with Crippen LogP contribution >= 0.6 is 11.3 Å². The largest absolute Gasteiger partial charge is 0.481 e. The van der Waals surface area contributed by atoms with Crippen LogP contribution in [0.5, 0.6) is 0 Å². The van der Waals surface area contributed by atoms with Crippen molar-refractivity contribution in [1.29, 1.82) is 0 Å². The third kappa shape index (κ3) is 5.02. The molecule has 1 atom stereocenters. The molecule has 0 bridgehead atoms. The molecule has 2 N–H and O–H groups in total. The van der Waals surface area contributed by atoms with Crippen LogP contribution in [-0.4, -0.2) is 49.6 Å². The zero-order valence-electron chi connectivity index (χ0n) is 14.4. The summed E-state index contributed by atoms with van der Waals surface area (Å²) in [6.45, 7) is 8.63.